The van der Waals surface area contributed by atoms with Crippen LogP contribution in [0.15, 0.2) is 66.7 Å². The van der Waals surface area contributed by atoms with Crippen molar-refractivity contribution in [1.29, 1.82) is 0 Å². The van der Waals surface area contributed by atoms with E-state index < -0.39 is 0 Å². The molecule has 148 valence electrons. The van der Waals surface area contributed by atoms with Crippen molar-refractivity contribution in [3.05, 3.63) is 66.7 Å². The third-order valence-electron chi connectivity index (χ3n) is 5.38. The number of hydrogen-bond acceptors (Lipinski definition) is 1. The lowest BCUT2D eigenvalue weighted by Gasteiger charge is -2.19. The topological polar surface area (TPSA) is 3.24 Å². The summed E-state index contributed by atoms with van der Waals surface area (Å²) < 4.78 is 1.26. The Hall–Kier alpha value is -1.85. The van der Waals surface area contributed by atoms with E-state index in [0.29, 0.717) is 0 Å². The van der Waals surface area contributed by atoms with Crippen LogP contribution < -0.4 is 4.43 Å². The SMILES string of the molecule is CCCN(CCC)CCC.[Al][c]1cccc2ccc3cc4ccccc4cc3c12. The highest BCUT2D eigenvalue weighted by atomic mass is 27.0. The Labute approximate surface area is 184 Å². The van der Waals surface area contributed by atoms with Crippen LogP contribution in [0.3, 0.4) is 0 Å². The fraction of sp³-hybridized carbons (Fsp3) is 0.333. The summed E-state index contributed by atoms with van der Waals surface area (Å²) in [5.41, 5.74) is 0. The summed E-state index contributed by atoms with van der Waals surface area (Å²) in [7, 11) is 0. The van der Waals surface area contributed by atoms with Gasteiger partial charge in [0.15, 0.2) is 16.3 Å². The standard InChI is InChI=1S/C18H11.C9H21N.Al/c1-2-7-15-12-18-16(11-14(15)6-1)10-9-13-5-3-4-8-17(13)18;1-4-7-10(8-5-2)9-6-3;/h1-7,9-12H;4-9H2,1-3H3;. The van der Waals surface area contributed by atoms with E-state index in [1.165, 1.54) is 75.6 Å². The van der Waals surface area contributed by atoms with Gasteiger partial charge >= 0.3 is 0 Å². The second-order valence-electron chi connectivity index (χ2n) is 7.77. The van der Waals surface area contributed by atoms with Crippen LogP contribution in [-0.2, 0) is 0 Å². The lowest BCUT2D eigenvalue weighted by molar-refractivity contribution is 0.275. The largest absolute Gasteiger partial charge is 0.303 e. The molecule has 0 aliphatic carbocycles. The summed E-state index contributed by atoms with van der Waals surface area (Å²) in [5.74, 6) is 0. The first kappa shape index (κ1) is 21.9. The summed E-state index contributed by atoms with van der Waals surface area (Å²) in [5, 5.41) is 7.89. The molecule has 4 rings (SSSR count). The van der Waals surface area contributed by atoms with Gasteiger partial charge in [-0.2, -0.15) is 0 Å². The highest BCUT2D eigenvalue weighted by molar-refractivity contribution is 6.41. The monoisotopic (exact) mass is 397 g/mol. The van der Waals surface area contributed by atoms with E-state index in [-0.39, 0.29) is 0 Å². The van der Waals surface area contributed by atoms with Crippen molar-refractivity contribution < 1.29 is 0 Å². The number of nitrogens with zero attached hydrogens (tertiary/aromatic N) is 1. The molecule has 0 N–H and O–H groups in total. The molecule has 0 spiro atoms. The number of benzene rings is 4. The Morgan fingerprint density at radius 1 is 0.621 bits per heavy atom. The van der Waals surface area contributed by atoms with Gasteiger partial charge in [-0.3, -0.25) is 0 Å². The van der Waals surface area contributed by atoms with E-state index in [1.54, 1.807) is 0 Å². The van der Waals surface area contributed by atoms with E-state index in [0.717, 1.165) is 0 Å². The molecule has 2 radical (unpaired) electrons. The van der Waals surface area contributed by atoms with E-state index in [9.17, 15) is 0 Å². The van der Waals surface area contributed by atoms with Gasteiger partial charge in [0.25, 0.3) is 0 Å². The summed E-state index contributed by atoms with van der Waals surface area (Å²) >= 11 is 2.85. The summed E-state index contributed by atoms with van der Waals surface area (Å²) in [6.45, 7) is 10.6. The fourth-order valence-electron chi connectivity index (χ4n) is 4.11. The highest BCUT2D eigenvalue weighted by Crippen LogP contribution is 2.28. The minimum Gasteiger partial charge on any atom is -0.303 e. The first-order valence-corrected chi connectivity index (χ1v) is 11.6. The summed E-state index contributed by atoms with van der Waals surface area (Å²) in [6.07, 6.45) is 3.88. The van der Waals surface area contributed by atoms with Crippen molar-refractivity contribution in [2.75, 3.05) is 19.6 Å². The van der Waals surface area contributed by atoms with Crippen molar-refractivity contribution in [3.63, 3.8) is 0 Å². The molecule has 29 heavy (non-hydrogen) atoms. The third kappa shape index (κ3) is 5.40. The minimum absolute atomic E-state index is 1.26. The molecule has 0 aliphatic rings. The minimum atomic E-state index is 1.26. The molecule has 0 aromatic heterocycles. The molecule has 4 aromatic carbocycles. The maximum Gasteiger partial charge on any atom is 0.176 e. The molecule has 0 saturated carbocycles. The molecule has 4 aromatic rings. The van der Waals surface area contributed by atoms with E-state index in [1.807, 2.05) is 0 Å². The Morgan fingerprint density at radius 3 is 1.79 bits per heavy atom. The summed E-state index contributed by atoms with van der Waals surface area (Å²) in [6, 6.07) is 24.0. The average Bonchev–Trinajstić information content (AvgIpc) is 2.73. The molecule has 0 unspecified atom stereocenters. The highest BCUT2D eigenvalue weighted by Gasteiger charge is 2.04. The third-order valence-corrected chi connectivity index (χ3v) is 5.86. The maximum absolute atomic E-state index is 2.85. The molecule has 0 bridgehead atoms. The van der Waals surface area contributed by atoms with E-state index in [4.69, 9.17) is 0 Å². The number of rotatable bonds is 6. The van der Waals surface area contributed by atoms with Gasteiger partial charge in [0, 0.05) is 0 Å². The smallest absolute Gasteiger partial charge is 0.176 e. The van der Waals surface area contributed by atoms with Gasteiger partial charge in [0.2, 0.25) is 0 Å². The quantitative estimate of drug-likeness (QED) is 0.205. The van der Waals surface area contributed by atoms with Crippen LogP contribution in [-0.4, -0.2) is 40.8 Å². The lowest BCUT2D eigenvalue weighted by Crippen LogP contribution is -2.25. The first-order chi connectivity index (χ1) is 14.2. The predicted molar refractivity (Wildman–Crippen MR) is 132 cm³/mol. The molecular formula is C27H32AlN. The number of hydrogen-bond donors (Lipinski definition) is 0. The van der Waals surface area contributed by atoms with Crippen LogP contribution in [0.2, 0.25) is 0 Å². The zero-order valence-corrected chi connectivity index (χ0v) is 19.3. The van der Waals surface area contributed by atoms with Gasteiger partial charge in [0.1, 0.15) is 0 Å². The molecule has 0 fully saturated rings. The van der Waals surface area contributed by atoms with Crippen molar-refractivity contribution in [2.24, 2.45) is 0 Å². The average molecular weight is 398 g/mol. The van der Waals surface area contributed by atoms with Crippen LogP contribution in [0.1, 0.15) is 40.0 Å². The van der Waals surface area contributed by atoms with Crippen molar-refractivity contribution in [1.82, 2.24) is 4.90 Å². The van der Waals surface area contributed by atoms with Crippen LogP contribution in [0.4, 0.5) is 0 Å². The zero-order valence-electron chi connectivity index (χ0n) is 18.1. The molecule has 0 aliphatic heterocycles. The number of fused-ring (bicyclic) bond motifs is 4. The van der Waals surface area contributed by atoms with Crippen molar-refractivity contribution in [2.45, 2.75) is 40.0 Å². The normalized spacial score (nSPS) is 11.2. The van der Waals surface area contributed by atoms with Crippen LogP contribution >= 0.6 is 0 Å². The van der Waals surface area contributed by atoms with Gasteiger partial charge in [-0.1, -0.05) is 75.4 Å². The van der Waals surface area contributed by atoms with Crippen LogP contribution in [0, 0.1) is 0 Å². The van der Waals surface area contributed by atoms with Crippen LogP contribution in [0.25, 0.3) is 32.3 Å². The van der Waals surface area contributed by atoms with E-state index >= 15 is 0 Å². The molecule has 2 heteroatoms. The molecule has 0 saturated heterocycles. The van der Waals surface area contributed by atoms with Gasteiger partial charge in [0.05, 0.1) is 0 Å². The Balaban J connectivity index is 0.000000207. The molecule has 0 amide bonds. The Kier molecular flexibility index (Phi) is 8.13. The van der Waals surface area contributed by atoms with Gasteiger partial charge in [-0.15, -0.1) is 4.43 Å². The predicted octanol–water partition coefficient (Wildman–Crippen LogP) is 6.46. The zero-order chi connectivity index (χ0) is 20.6. The van der Waals surface area contributed by atoms with Gasteiger partial charge in [-0.25, -0.2) is 0 Å². The fourth-order valence-corrected chi connectivity index (χ4v) is 4.55. The van der Waals surface area contributed by atoms with E-state index in [2.05, 4.69) is 109 Å². The Morgan fingerprint density at radius 2 is 1.17 bits per heavy atom. The molecule has 0 heterocycles. The van der Waals surface area contributed by atoms with Crippen molar-refractivity contribution >= 4 is 53.0 Å². The van der Waals surface area contributed by atoms with Gasteiger partial charge < -0.3 is 4.90 Å². The van der Waals surface area contributed by atoms with Crippen molar-refractivity contribution in [3.8, 4) is 0 Å². The van der Waals surface area contributed by atoms with Gasteiger partial charge in [-0.05, 0) is 83.3 Å². The molecule has 0 atom stereocenters. The maximum atomic E-state index is 2.85. The second kappa shape index (κ2) is 10.8. The summed E-state index contributed by atoms with van der Waals surface area (Å²) in [4.78, 5) is 2.54. The second-order valence-corrected chi connectivity index (χ2v) is 8.40. The lowest BCUT2D eigenvalue weighted by atomic mass is 9.98. The molecule has 1 nitrogen and oxygen atoms in total. The van der Waals surface area contributed by atoms with Crippen LogP contribution in [0.5, 0.6) is 0 Å². The first-order valence-electron chi connectivity index (χ1n) is 11.0. The Bertz CT molecular complexity index is 1060. The molecular weight excluding hydrogens is 365 g/mol.